The van der Waals surface area contributed by atoms with Gasteiger partial charge in [-0.05, 0) is 48.5 Å². The Hall–Kier alpha value is -3.58. The van der Waals surface area contributed by atoms with Gasteiger partial charge in [0.2, 0.25) is 5.82 Å². The molecule has 7 nitrogen and oxygen atoms in total. The molecule has 1 aliphatic rings. The van der Waals surface area contributed by atoms with Gasteiger partial charge in [0, 0.05) is 43.0 Å². The fourth-order valence-electron chi connectivity index (χ4n) is 3.92. The molecule has 0 bridgehead atoms. The summed E-state index contributed by atoms with van der Waals surface area (Å²) in [6.45, 7) is 3.35. The van der Waals surface area contributed by atoms with Gasteiger partial charge < -0.3 is 19.1 Å². The van der Waals surface area contributed by atoms with Gasteiger partial charge in [0.1, 0.15) is 11.6 Å². The van der Waals surface area contributed by atoms with E-state index in [1.807, 2.05) is 54.6 Å². The molecule has 162 valence electrons. The molecule has 4 aromatic rings. The number of methoxy groups -OCH3 is 1. The van der Waals surface area contributed by atoms with Crippen LogP contribution < -0.4 is 14.5 Å². The summed E-state index contributed by atoms with van der Waals surface area (Å²) in [5.74, 6) is 2.70. The molecule has 0 N–H and O–H groups in total. The smallest absolute Gasteiger partial charge is 0.261 e. The molecule has 0 atom stereocenters. The van der Waals surface area contributed by atoms with Gasteiger partial charge in [-0.1, -0.05) is 28.9 Å². The van der Waals surface area contributed by atoms with Crippen LogP contribution in [0.5, 0.6) is 5.75 Å². The molecular weight excluding hydrogens is 426 g/mol. The maximum Gasteiger partial charge on any atom is 0.261 e. The van der Waals surface area contributed by atoms with E-state index in [2.05, 4.69) is 31.0 Å². The molecule has 0 saturated carbocycles. The number of aromatic nitrogens is 3. The fraction of sp³-hybridized carbons (Fsp3) is 0.208. The minimum atomic E-state index is 0.449. The highest BCUT2D eigenvalue weighted by Gasteiger charge is 2.24. The lowest BCUT2D eigenvalue weighted by atomic mass is 10.2. The topological polar surface area (TPSA) is 67.5 Å². The zero-order valence-electron chi connectivity index (χ0n) is 17.6. The van der Waals surface area contributed by atoms with Crippen molar-refractivity contribution in [2.24, 2.45) is 0 Å². The number of para-hydroxylation sites is 2. The second-order valence-corrected chi connectivity index (χ2v) is 7.89. The molecule has 3 heterocycles. The zero-order chi connectivity index (χ0) is 21.9. The highest BCUT2D eigenvalue weighted by molar-refractivity contribution is 6.30. The third-order valence-corrected chi connectivity index (χ3v) is 5.80. The number of pyridine rings is 1. The van der Waals surface area contributed by atoms with Crippen LogP contribution in [0.25, 0.3) is 22.8 Å². The third-order valence-electron chi connectivity index (χ3n) is 5.55. The predicted octanol–water partition coefficient (Wildman–Crippen LogP) is 4.79. The van der Waals surface area contributed by atoms with Crippen molar-refractivity contribution in [3.8, 4) is 28.6 Å². The Bertz CT molecular complexity index is 1200. The molecule has 5 rings (SSSR count). The zero-order valence-corrected chi connectivity index (χ0v) is 18.4. The second kappa shape index (κ2) is 8.88. The highest BCUT2D eigenvalue weighted by Crippen LogP contribution is 2.32. The molecule has 32 heavy (non-hydrogen) atoms. The van der Waals surface area contributed by atoms with Crippen LogP contribution in [0.15, 0.2) is 71.4 Å². The lowest BCUT2D eigenvalue weighted by Crippen LogP contribution is -2.47. The third kappa shape index (κ3) is 3.99. The van der Waals surface area contributed by atoms with Gasteiger partial charge in [-0.3, -0.25) is 0 Å². The van der Waals surface area contributed by atoms with Gasteiger partial charge in [-0.2, -0.15) is 4.98 Å². The number of hydrogen-bond donors (Lipinski definition) is 0. The van der Waals surface area contributed by atoms with E-state index >= 15 is 0 Å². The van der Waals surface area contributed by atoms with Gasteiger partial charge in [-0.25, -0.2) is 4.98 Å². The Morgan fingerprint density at radius 2 is 1.66 bits per heavy atom. The van der Waals surface area contributed by atoms with Gasteiger partial charge in [0.15, 0.2) is 0 Å². The van der Waals surface area contributed by atoms with Gasteiger partial charge in [0.05, 0.1) is 18.4 Å². The Morgan fingerprint density at radius 3 is 2.44 bits per heavy atom. The van der Waals surface area contributed by atoms with E-state index in [0.29, 0.717) is 16.7 Å². The van der Waals surface area contributed by atoms with Crippen LogP contribution in [0.1, 0.15) is 0 Å². The lowest BCUT2D eigenvalue weighted by Gasteiger charge is -2.37. The van der Waals surface area contributed by atoms with Crippen LogP contribution in [-0.4, -0.2) is 48.4 Å². The summed E-state index contributed by atoms with van der Waals surface area (Å²) < 4.78 is 11.1. The molecule has 2 aromatic heterocycles. The summed E-state index contributed by atoms with van der Waals surface area (Å²) in [4.78, 5) is 13.8. The highest BCUT2D eigenvalue weighted by atomic mass is 35.5. The number of benzene rings is 2. The number of ether oxygens (including phenoxy) is 1. The molecule has 0 radical (unpaired) electrons. The first kappa shape index (κ1) is 20.3. The second-order valence-electron chi connectivity index (χ2n) is 7.45. The van der Waals surface area contributed by atoms with Crippen LogP contribution >= 0.6 is 11.6 Å². The lowest BCUT2D eigenvalue weighted by molar-refractivity contribution is 0.413. The maximum absolute atomic E-state index is 5.98. The van der Waals surface area contributed by atoms with Crippen molar-refractivity contribution in [1.82, 2.24) is 15.1 Å². The van der Waals surface area contributed by atoms with E-state index in [-0.39, 0.29) is 0 Å². The van der Waals surface area contributed by atoms with Gasteiger partial charge >= 0.3 is 0 Å². The van der Waals surface area contributed by atoms with Crippen molar-refractivity contribution in [1.29, 1.82) is 0 Å². The minimum absolute atomic E-state index is 0.449. The number of nitrogens with zero attached hydrogens (tertiary/aromatic N) is 5. The van der Waals surface area contributed by atoms with Crippen molar-refractivity contribution >= 4 is 23.1 Å². The Kier molecular flexibility index (Phi) is 5.64. The van der Waals surface area contributed by atoms with E-state index in [1.54, 1.807) is 13.3 Å². The van der Waals surface area contributed by atoms with Crippen LogP contribution in [0.3, 0.4) is 0 Å². The van der Waals surface area contributed by atoms with Crippen LogP contribution in [0, 0.1) is 0 Å². The summed E-state index contributed by atoms with van der Waals surface area (Å²) in [5.41, 5.74) is 2.78. The summed E-state index contributed by atoms with van der Waals surface area (Å²) in [6.07, 6.45) is 1.79. The first-order valence-electron chi connectivity index (χ1n) is 10.4. The minimum Gasteiger partial charge on any atom is -0.495 e. The predicted molar refractivity (Wildman–Crippen MR) is 125 cm³/mol. The van der Waals surface area contributed by atoms with Crippen LogP contribution in [0.2, 0.25) is 5.02 Å². The number of piperazine rings is 1. The standard InChI is InChI=1S/C24H22ClN5O2/c1-31-21-7-3-2-6-20(21)29-13-15-30(16-14-29)23-19(5-4-12-26-23)24-27-22(28-32-24)17-8-10-18(25)11-9-17/h2-12H,13-16H2,1H3. The SMILES string of the molecule is COc1ccccc1N1CCN(c2ncccc2-c2nc(-c3ccc(Cl)cc3)no2)CC1. The maximum atomic E-state index is 5.98. The summed E-state index contributed by atoms with van der Waals surface area (Å²) >= 11 is 5.98. The summed E-state index contributed by atoms with van der Waals surface area (Å²) in [7, 11) is 1.71. The quantitative estimate of drug-likeness (QED) is 0.435. The van der Waals surface area contributed by atoms with Crippen LogP contribution in [-0.2, 0) is 0 Å². The summed E-state index contributed by atoms with van der Waals surface area (Å²) in [6, 6.07) is 19.3. The molecule has 1 fully saturated rings. The average molecular weight is 448 g/mol. The molecule has 1 saturated heterocycles. The molecule has 8 heteroatoms. The number of halogens is 1. The molecule has 1 aliphatic heterocycles. The first-order chi connectivity index (χ1) is 15.7. The number of hydrogen-bond acceptors (Lipinski definition) is 7. The molecule has 0 unspecified atom stereocenters. The van der Waals surface area contributed by atoms with Crippen molar-refractivity contribution in [3.63, 3.8) is 0 Å². The molecule has 0 aliphatic carbocycles. The molecular formula is C24H22ClN5O2. The van der Waals surface area contributed by atoms with Crippen molar-refractivity contribution in [3.05, 3.63) is 71.9 Å². The Labute approximate surface area is 191 Å². The number of anilines is 2. The van der Waals surface area contributed by atoms with Gasteiger partial charge in [0.25, 0.3) is 5.89 Å². The fourth-order valence-corrected chi connectivity index (χ4v) is 4.04. The average Bonchev–Trinajstić information content (AvgIpc) is 3.35. The van der Waals surface area contributed by atoms with Crippen molar-refractivity contribution < 1.29 is 9.26 Å². The van der Waals surface area contributed by atoms with Crippen LogP contribution in [0.4, 0.5) is 11.5 Å². The largest absolute Gasteiger partial charge is 0.495 e. The molecule has 0 amide bonds. The monoisotopic (exact) mass is 447 g/mol. The normalized spacial score (nSPS) is 13.9. The molecule has 2 aromatic carbocycles. The van der Waals surface area contributed by atoms with Gasteiger partial charge in [-0.15, -0.1) is 0 Å². The van der Waals surface area contributed by atoms with Crippen molar-refractivity contribution in [2.75, 3.05) is 43.1 Å². The number of rotatable bonds is 5. The van der Waals surface area contributed by atoms with E-state index in [1.165, 1.54) is 0 Å². The Morgan fingerprint density at radius 1 is 0.906 bits per heavy atom. The Balaban J connectivity index is 1.36. The van der Waals surface area contributed by atoms with E-state index in [9.17, 15) is 0 Å². The van der Waals surface area contributed by atoms with Crippen molar-refractivity contribution in [2.45, 2.75) is 0 Å². The van der Waals surface area contributed by atoms with E-state index in [4.69, 9.17) is 20.9 Å². The summed E-state index contributed by atoms with van der Waals surface area (Å²) in [5, 5.41) is 4.82. The van der Waals surface area contributed by atoms with E-state index in [0.717, 1.165) is 54.6 Å². The first-order valence-corrected chi connectivity index (χ1v) is 10.8. The van der Waals surface area contributed by atoms with E-state index < -0.39 is 0 Å². The molecule has 0 spiro atoms.